The average molecular weight is 476 g/mol. The second-order valence-electron chi connectivity index (χ2n) is 7.13. The fraction of sp³-hybridized carbons (Fsp3) is 0.429. The molecule has 27 heavy (non-hydrogen) atoms. The fourth-order valence-electron chi connectivity index (χ4n) is 3.65. The van der Waals surface area contributed by atoms with Gasteiger partial charge in [0, 0.05) is 36.6 Å². The van der Waals surface area contributed by atoms with E-state index >= 15 is 0 Å². The zero-order valence-electron chi connectivity index (χ0n) is 15.6. The molecule has 2 aromatic rings. The fourth-order valence-corrected chi connectivity index (χ4v) is 4.07. The first kappa shape index (κ1) is 24.4. The number of piperidine rings is 1. The molecule has 1 heterocycles. The maximum absolute atomic E-state index is 11.4. The van der Waals surface area contributed by atoms with Crippen LogP contribution >= 0.6 is 40.7 Å². The van der Waals surface area contributed by atoms with Gasteiger partial charge in [-0.05, 0) is 43.1 Å². The van der Waals surface area contributed by atoms with E-state index in [4.69, 9.17) is 0 Å². The van der Waals surface area contributed by atoms with Crippen LogP contribution in [0, 0.1) is 0 Å². The van der Waals surface area contributed by atoms with Gasteiger partial charge in [-0.3, -0.25) is 0 Å². The lowest BCUT2D eigenvalue weighted by Crippen LogP contribution is -2.49. The Balaban J connectivity index is 0.00000182. The Kier molecular flexibility index (Phi) is 10.3. The van der Waals surface area contributed by atoms with Gasteiger partial charge in [0.25, 0.3) is 0 Å². The normalized spacial score (nSPS) is 17.4. The Bertz CT molecular complexity index is 679. The lowest BCUT2D eigenvalue weighted by molar-refractivity contribution is -0.0382. The molecule has 1 aliphatic rings. The highest BCUT2D eigenvalue weighted by molar-refractivity contribution is 9.10. The van der Waals surface area contributed by atoms with E-state index in [1.165, 1.54) is 11.1 Å². The van der Waals surface area contributed by atoms with Crippen molar-refractivity contribution in [1.82, 2.24) is 10.2 Å². The van der Waals surface area contributed by atoms with Gasteiger partial charge in [-0.25, -0.2) is 0 Å². The van der Waals surface area contributed by atoms with Crippen LogP contribution in [0.1, 0.15) is 29.9 Å². The molecule has 0 bridgehead atoms. The molecule has 1 saturated heterocycles. The Morgan fingerprint density at radius 3 is 2.37 bits per heavy atom. The number of nitrogens with one attached hydrogen (secondary N) is 1. The Morgan fingerprint density at radius 1 is 1.07 bits per heavy atom. The maximum atomic E-state index is 11.4. The molecule has 6 heteroatoms. The number of hydrogen-bond acceptors (Lipinski definition) is 3. The highest BCUT2D eigenvalue weighted by Crippen LogP contribution is 2.37. The van der Waals surface area contributed by atoms with Gasteiger partial charge in [-0.1, -0.05) is 58.4 Å². The molecule has 2 N–H and O–H groups in total. The van der Waals surface area contributed by atoms with Crippen LogP contribution in [0.4, 0.5) is 0 Å². The van der Waals surface area contributed by atoms with Gasteiger partial charge in [0.1, 0.15) is 0 Å². The lowest BCUT2D eigenvalue weighted by Gasteiger charge is -2.42. The van der Waals surface area contributed by atoms with Gasteiger partial charge in [-0.15, -0.1) is 24.8 Å². The molecule has 0 amide bonds. The van der Waals surface area contributed by atoms with Crippen LogP contribution in [-0.4, -0.2) is 42.3 Å². The second-order valence-corrected chi connectivity index (χ2v) is 8.05. The van der Waals surface area contributed by atoms with Crippen molar-refractivity contribution >= 4 is 40.7 Å². The second kappa shape index (κ2) is 11.4. The summed E-state index contributed by atoms with van der Waals surface area (Å²) in [5.41, 5.74) is 1.81. The van der Waals surface area contributed by atoms with E-state index in [0.717, 1.165) is 43.5 Å². The van der Waals surface area contributed by atoms with Crippen molar-refractivity contribution in [2.75, 3.05) is 26.7 Å². The number of hydrogen-bond donors (Lipinski definition) is 2. The summed E-state index contributed by atoms with van der Waals surface area (Å²) in [7, 11) is 2.13. The van der Waals surface area contributed by atoms with Crippen molar-refractivity contribution in [3.63, 3.8) is 0 Å². The molecule has 0 spiro atoms. The van der Waals surface area contributed by atoms with Gasteiger partial charge < -0.3 is 15.3 Å². The van der Waals surface area contributed by atoms with Crippen molar-refractivity contribution in [2.45, 2.75) is 30.9 Å². The van der Waals surface area contributed by atoms with Gasteiger partial charge in [0.15, 0.2) is 0 Å². The Labute approximate surface area is 183 Å². The summed E-state index contributed by atoms with van der Waals surface area (Å²) in [4.78, 5) is 2.30. The summed E-state index contributed by atoms with van der Waals surface area (Å²) in [5.74, 6) is 0.0856. The molecule has 1 aliphatic heterocycles. The number of halogens is 3. The Morgan fingerprint density at radius 2 is 1.74 bits per heavy atom. The molecular formula is C21H29BrCl2N2O. The number of rotatable bonds is 6. The predicted octanol–water partition coefficient (Wildman–Crippen LogP) is 4.62. The van der Waals surface area contributed by atoms with E-state index in [9.17, 15) is 5.11 Å². The van der Waals surface area contributed by atoms with E-state index in [-0.39, 0.29) is 30.7 Å². The monoisotopic (exact) mass is 474 g/mol. The summed E-state index contributed by atoms with van der Waals surface area (Å²) >= 11 is 3.58. The predicted molar refractivity (Wildman–Crippen MR) is 121 cm³/mol. The van der Waals surface area contributed by atoms with E-state index in [0.29, 0.717) is 0 Å². The largest absolute Gasteiger partial charge is 0.389 e. The molecule has 0 saturated carbocycles. The molecule has 0 aliphatic carbocycles. The van der Waals surface area contributed by atoms with Gasteiger partial charge in [0.05, 0.1) is 5.60 Å². The molecule has 150 valence electrons. The highest BCUT2D eigenvalue weighted by Gasteiger charge is 2.39. The third kappa shape index (κ3) is 6.74. The molecule has 0 radical (unpaired) electrons. The number of benzene rings is 2. The van der Waals surface area contributed by atoms with Crippen LogP contribution in [-0.2, 0) is 6.54 Å². The SMILES string of the molecule is CN1CCC(O)(C(CNCc2ccccc2)c2cccc(Br)c2)CC1.Cl.Cl. The van der Waals surface area contributed by atoms with E-state index < -0.39 is 5.60 Å². The number of likely N-dealkylation sites (tertiary alicyclic amines) is 1. The molecule has 3 rings (SSSR count). The van der Waals surface area contributed by atoms with Crippen molar-refractivity contribution in [2.24, 2.45) is 0 Å². The molecule has 2 aromatic carbocycles. The van der Waals surface area contributed by atoms with Crippen molar-refractivity contribution in [3.8, 4) is 0 Å². The summed E-state index contributed by atoms with van der Waals surface area (Å²) in [5, 5.41) is 15.0. The van der Waals surface area contributed by atoms with Crippen LogP contribution in [0.5, 0.6) is 0 Å². The number of nitrogens with zero attached hydrogens (tertiary/aromatic N) is 1. The van der Waals surface area contributed by atoms with E-state index in [2.05, 4.69) is 75.7 Å². The number of aliphatic hydroxyl groups is 1. The molecule has 1 atom stereocenters. The quantitative estimate of drug-likeness (QED) is 0.639. The van der Waals surface area contributed by atoms with Gasteiger partial charge in [-0.2, -0.15) is 0 Å². The maximum Gasteiger partial charge on any atom is 0.0752 e. The minimum Gasteiger partial charge on any atom is -0.389 e. The van der Waals surface area contributed by atoms with Gasteiger partial charge >= 0.3 is 0 Å². The molecule has 0 aromatic heterocycles. The van der Waals surface area contributed by atoms with Crippen molar-refractivity contribution < 1.29 is 5.11 Å². The van der Waals surface area contributed by atoms with Crippen LogP contribution < -0.4 is 5.32 Å². The minimum atomic E-state index is -0.656. The average Bonchev–Trinajstić information content (AvgIpc) is 2.62. The summed E-state index contributed by atoms with van der Waals surface area (Å²) < 4.78 is 1.06. The third-order valence-electron chi connectivity index (χ3n) is 5.27. The smallest absolute Gasteiger partial charge is 0.0752 e. The van der Waals surface area contributed by atoms with Crippen LogP contribution in [0.25, 0.3) is 0 Å². The van der Waals surface area contributed by atoms with Crippen molar-refractivity contribution in [1.29, 1.82) is 0 Å². The third-order valence-corrected chi connectivity index (χ3v) is 5.77. The topological polar surface area (TPSA) is 35.5 Å². The summed E-state index contributed by atoms with van der Waals surface area (Å²) in [6.07, 6.45) is 1.63. The highest BCUT2D eigenvalue weighted by atomic mass is 79.9. The first-order valence-electron chi connectivity index (χ1n) is 8.98. The van der Waals surface area contributed by atoms with Crippen molar-refractivity contribution in [3.05, 3.63) is 70.2 Å². The molecule has 1 fully saturated rings. The van der Waals surface area contributed by atoms with Crippen LogP contribution in [0.3, 0.4) is 0 Å². The van der Waals surface area contributed by atoms with Crippen LogP contribution in [0.2, 0.25) is 0 Å². The zero-order valence-corrected chi connectivity index (χ0v) is 18.8. The van der Waals surface area contributed by atoms with Gasteiger partial charge in [0.2, 0.25) is 0 Å². The molecule has 1 unspecified atom stereocenters. The Hall–Kier alpha value is -0.620. The summed E-state index contributed by atoms with van der Waals surface area (Å²) in [6, 6.07) is 18.8. The minimum absolute atomic E-state index is 0. The lowest BCUT2D eigenvalue weighted by atomic mass is 9.76. The first-order chi connectivity index (χ1) is 12.1. The first-order valence-corrected chi connectivity index (χ1v) is 9.77. The van der Waals surface area contributed by atoms with E-state index in [1.54, 1.807) is 0 Å². The zero-order chi connectivity index (χ0) is 17.7. The van der Waals surface area contributed by atoms with Crippen LogP contribution in [0.15, 0.2) is 59.1 Å². The molecule has 3 nitrogen and oxygen atoms in total. The standard InChI is InChI=1S/C21H27BrN2O.2ClH/c1-24-12-10-21(25,11-13-24)20(18-8-5-9-19(22)14-18)16-23-15-17-6-3-2-4-7-17;;/h2-9,14,20,23,25H,10-13,15-16H2,1H3;2*1H. The summed E-state index contributed by atoms with van der Waals surface area (Å²) in [6.45, 7) is 3.48. The van der Waals surface area contributed by atoms with E-state index in [1.807, 2.05) is 12.1 Å². The molecular weight excluding hydrogens is 447 g/mol.